The molecule has 6 nitrogen and oxygen atoms in total. The van der Waals surface area contributed by atoms with Crippen LogP contribution in [-0.4, -0.2) is 39.8 Å². The summed E-state index contributed by atoms with van der Waals surface area (Å²) in [6, 6.07) is 9.04. The molecule has 4 atom stereocenters. The van der Waals surface area contributed by atoms with Crippen molar-refractivity contribution in [2.75, 3.05) is 0 Å². The second kappa shape index (κ2) is 7.00. The molecular weight excluding hydrogens is 276 g/mol. The number of carboxylic acids is 1. The molecule has 116 valence electrons. The molecule has 0 radical (unpaired) electrons. The Kier molecular flexibility index (Phi) is 5.30. The second-order valence-electron chi connectivity index (χ2n) is 5.09. The predicted molar refractivity (Wildman–Crippen MR) is 73.2 cm³/mol. The Balaban J connectivity index is 2.21. The number of hydrogen-bond acceptors (Lipinski definition) is 5. The molecule has 21 heavy (non-hydrogen) atoms. The number of hydrogen-bond donors (Lipinski definition) is 3. The third-order valence-corrected chi connectivity index (χ3v) is 3.67. The second-order valence-corrected chi connectivity index (χ2v) is 5.09. The molecule has 1 aromatic rings. The van der Waals surface area contributed by atoms with E-state index in [0.29, 0.717) is 12.0 Å². The minimum atomic E-state index is -1.67. The van der Waals surface area contributed by atoms with Gasteiger partial charge in [-0.25, -0.2) is 0 Å². The molecule has 1 aliphatic heterocycles. The number of aliphatic hydroxyl groups excluding tert-OH is 1. The van der Waals surface area contributed by atoms with Gasteiger partial charge in [0.05, 0.1) is 12.0 Å². The largest absolute Gasteiger partial charge is 0.481 e. The van der Waals surface area contributed by atoms with Crippen molar-refractivity contribution in [3.05, 3.63) is 35.9 Å². The molecule has 0 aromatic heterocycles. The van der Waals surface area contributed by atoms with Crippen LogP contribution in [0.1, 0.15) is 31.6 Å². The summed E-state index contributed by atoms with van der Waals surface area (Å²) in [6.07, 6.45) is -3.44. The molecule has 0 saturated carbocycles. The molecular formula is C15H20O6. The van der Waals surface area contributed by atoms with Gasteiger partial charge in [-0.15, -0.1) is 0 Å². The van der Waals surface area contributed by atoms with Gasteiger partial charge in [0, 0.05) is 12.0 Å². The quantitative estimate of drug-likeness (QED) is 0.708. The zero-order chi connectivity index (χ0) is 15.4. The van der Waals surface area contributed by atoms with E-state index >= 15 is 0 Å². The van der Waals surface area contributed by atoms with E-state index in [-0.39, 0.29) is 6.42 Å². The number of ether oxygens (including phenoxy) is 2. The van der Waals surface area contributed by atoms with Gasteiger partial charge in [0.2, 0.25) is 0 Å². The molecule has 2 rings (SSSR count). The van der Waals surface area contributed by atoms with E-state index in [1.807, 2.05) is 18.2 Å². The number of carbonyl (C=O) groups is 1. The molecule has 0 amide bonds. The molecule has 0 bridgehead atoms. The predicted octanol–water partition coefficient (Wildman–Crippen LogP) is 1.28. The lowest BCUT2D eigenvalue weighted by Gasteiger charge is -2.38. The summed E-state index contributed by atoms with van der Waals surface area (Å²) in [5, 5.41) is 28.0. The van der Waals surface area contributed by atoms with E-state index in [4.69, 9.17) is 9.47 Å². The molecule has 1 aliphatic rings. The third kappa shape index (κ3) is 3.79. The Morgan fingerprint density at radius 3 is 2.38 bits per heavy atom. The molecule has 1 saturated heterocycles. The molecule has 1 unspecified atom stereocenters. The average molecular weight is 296 g/mol. The molecule has 6 heteroatoms. The number of rotatable bonds is 5. The van der Waals surface area contributed by atoms with Crippen molar-refractivity contribution >= 4 is 5.97 Å². The van der Waals surface area contributed by atoms with Crippen molar-refractivity contribution in [1.82, 2.24) is 0 Å². The monoisotopic (exact) mass is 296 g/mol. The summed E-state index contributed by atoms with van der Waals surface area (Å²) in [6.45, 7) is 1.76. The maximum Gasteiger partial charge on any atom is 0.309 e. The van der Waals surface area contributed by atoms with Crippen molar-refractivity contribution < 1.29 is 29.6 Å². The van der Waals surface area contributed by atoms with Gasteiger partial charge in [-0.2, -0.15) is 0 Å². The van der Waals surface area contributed by atoms with Gasteiger partial charge in [-0.05, 0) is 6.42 Å². The molecule has 0 spiro atoms. The first-order chi connectivity index (χ1) is 10.0. The highest BCUT2D eigenvalue weighted by atomic mass is 16.7. The number of aliphatic carboxylic acids is 1. The summed E-state index contributed by atoms with van der Waals surface area (Å²) in [7, 11) is 0. The highest BCUT2D eigenvalue weighted by Gasteiger charge is 2.39. The highest BCUT2D eigenvalue weighted by molar-refractivity contribution is 5.70. The van der Waals surface area contributed by atoms with Crippen LogP contribution < -0.4 is 0 Å². The van der Waals surface area contributed by atoms with Gasteiger partial charge in [0.1, 0.15) is 6.10 Å². The zero-order valence-electron chi connectivity index (χ0n) is 11.8. The lowest BCUT2D eigenvalue weighted by atomic mass is 9.93. The molecule has 1 heterocycles. The van der Waals surface area contributed by atoms with Crippen LogP contribution in [0.3, 0.4) is 0 Å². The molecule has 1 aromatic carbocycles. The Morgan fingerprint density at radius 1 is 1.24 bits per heavy atom. The topological polar surface area (TPSA) is 96.2 Å². The smallest absolute Gasteiger partial charge is 0.309 e. The van der Waals surface area contributed by atoms with Crippen molar-refractivity contribution in [2.45, 2.75) is 44.6 Å². The maximum atomic E-state index is 11.3. The fraction of sp³-hybridized carbons (Fsp3) is 0.533. The molecule has 0 aliphatic carbocycles. The van der Waals surface area contributed by atoms with Crippen LogP contribution in [0.4, 0.5) is 0 Å². The van der Waals surface area contributed by atoms with Crippen molar-refractivity contribution in [1.29, 1.82) is 0 Å². The van der Waals surface area contributed by atoms with E-state index < -0.39 is 36.7 Å². The summed E-state index contributed by atoms with van der Waals surface area (Å²) in [5.74, 6) is -1.66. The molecule has 1 fully saturated rings. The van der Waals surface area contributed by atoms with Gasteiger partial charge in [0.25, 0.3) is 0 Å². The summed E-state index contributed by atoms with van der Waals surface area (Å²) in [5.41, 5.74) is 0.716. The fourth-order valence-electron chi connectivity index (χ4n) is 2.50. The van der Waals surface area contributed by atoms with Gasteiger partial charge in [-0.3, -0.25) is 4.79 Å². The zero-order valence-corrected chi connectivity index (χ0v) is 11.8. The number of benzene rings is 1. The Morgan fingerprint density at radius 2 is 1.86 bits per heavy atom. The first-order valence-electron chi connectivity index (χ1n) is 6.97. The van der Waals surface area contributed by atoms with Crippen molar-refractivity contribution in [3.63, 3.8) is 0 Å². The van der Waals surface area contributed by atoms with Crippen molar-refractivity contribution in [3.8, 4) is 0 Å². The highest BCUT2D eigenvalue weighted by Crippen LogP contribution is 2.34. The standard InChI is InChI=1S/C15H20O6/c1-2-10(13(16)17)11-8-12(14(18)19)21-15(20-11)9-6-4-3-5-7-9/h3-7,10-12,14-15,18-19H,2,8H2,1H3,(H,16,17)/t10?,11-,12+,15+/m1/s1. The summed E-state index contributed by atoms with van der Waals surface area (Å²) >= 11 is 0. The minimum absolute atomic E-state index is 0.131. The van der Waals surface area contributed by atoms with Crippen LogP contribution in [-0.2, 0) is 14.3 Å². The Labute approximate surface area is 122 Å². The van der Waals surface area contributed by atoms with Gasteiger partial charge >= 0.3 is 5.97 Å². The molecule has 3 N–H and O–H groups in total. The van der Waals surface area contributed by atoms with E-state index in [0.717, 1.165) is 0 Å². The lowest BCUT2D eigenvalue weighted by Crippen LogP contribution is -2.44. The summed E-state index contributed by atoms with van der Waals surface area (Å²) < 4.78 is 11.3. The van der Waals surface area contributed by atoms with Gasteiger partial charge < -0.3 is 24.8 Å². The van der Waals surface area contributed by atoms with E-state index in [1.165, 1.54) is 0 Å². The van der Waals surface area contributed by atoms with E-state index in [1.54, 1.807) is 19.1 Å². The minimum Gasteiger partial charge on any atom is -0.481 e. The van der Waals surface area contributed by atoms with E-state index in [2.05, 4.69) is 0 Å². The van der Waals surface area contributed by atoms with E-state index in [9.17, 15) is 20.1 Å². The third-order valence-electron chi connectivity index (χ3n) is 3.67. The first-order valence-corrected chi connectivity index (χ1v) is 6.97. The number of aliphatic hydroxyl groups is 2. The Bertz CT molecular complexity index is 460. The normalized spacial score (nSPS) is 27.5. The summed E-state index contributed by atoms with van der Waals surface area (Å²) in [4.78, 5) is 11.3. The lowest BCUT2D eigenvalue weighted by molar-refractivity contribution is -0.296. The van der Waals surface area contributed by atoms with Crippen LogP contribution in [0.2, 0.25) is 0 Å². The average Bonchev–Trinajstić information content (AvgIpc) is 2.48. The fourth-order valence-corrected chi connectivity index (χ4v) is 2.50. The van der Waals surface area contributed by atoms with Crippen LogP contribution >= 0.6 is 0 Å². The SMILES string of the molecule is CCC(C(=O)O)[C@H]1C[C@@H](C(O)O)O[C@@H](c2ccccc2)O1. The van der Waals surface area contributed by atoms with Crippen molar-refractivity contribution in [2.24, 2.45) is 5.92 Å². The van der Waals surface area contributed by atoms with Crippen LogP contribution in [0.5, 0.6) is 0 Å². The Hall–Kier alpha value is -1.47. The van der Waals surface area contributed by atoms with Crippen LogP contribution in [0, 0.1) is 5.92 Å². The van der Waals surface area contributed by atoms with Gasteiger partial charge in [-0.1, -0.05) is 37.3 Å². The number of carboxylic acid groups (broad SMARTS) is 1. The van der Waals surface area contributed by atoms with Crippen LogP contribution in [0.15, 0.2) is 30.3 Å². The van der Waals surface area contributed by atoms with Crippen LogP contribution in [0.25, 0.3) is 0 Å². The maximum absolute atomic E-state index is 11.3. The van der Waals surface area contributed by atoms with Gasteiger partial charge in [0.15, 0.2) is 12.6 Å². The first kappa shape index (κ1) is 15.9.